The summed E-state index contributed by atoms with van der Waals surface area (Å²) in [6, 6.07) is 21.1. The van der Waals surface area contributed by atoms with Crippen LogP contribution in [0.3, 0.4) is 0 Å². The van der Waals surface area contributed by atoms with Crippen molar-refractivity contribution in [3.63, 3.8) is 0 Å². The molecule has 0 bridgehead atoms. The van der Waals surface area contributed by atoms with E-state index in [0.29, 0.717) is 11.0 Å². The average Bonchev–Trinajstić information content (AvgIpc) is 2.77. The van der Waals surface area contributed by atoms with Crippen molar-refractivity contribution < 1.29 is 9.90 Å². The van der Waals surface area contributed by atoms with Crippen LogP contribution in [0.4, 0.5) is 11.4 Å². The van der Waals surface area contributed by atoms with Crippen molar-refractivity contribution >= 4 is 28.4 Å². The summed E-state index contributed by atoms with van der Waals surface area (Å²) >= 11 is 0. The fraction of sp³-hybridized carbons (Fsp3) is 0.160. The molecule has 1 N–H and O–H groups in total. The van der Waals surface area contributed by atoms with Gasteiger partial charge >= 0.3 is 5.97 Å². The number of hydrogen-bond acceptors (Lipinski definition) is 5. The SMILES string of the molecule is CN(C)c1cccc(-c2nc3ccc(C(=O)O)cc3nc2-c2cccc(N(C)C)c2)c1. The van der Waals surface area contributed by atoms with Gasteiger partial charge in [0, 0.05) is 50.7 Å². The second-order valence-corrected chi connectivity index (χ2v) is 7.82. The van der Waals surface area contributed by atoms with E-state index in [1.165, 1.54) is 0 Å². The molecule has 31 heavy (non-hydrogen) atoms. The van der Waals surface area contributed by atoms with Crippen molar-refractivity contribution in [2.24, 2.45) is 0 Å². The molecule has 0 aliphatic carbocycles. The quantitative estimate of drug-likeness (QED) is 0.508. The highest BCUT2D eigenvalue weighted by Gasteiger charge is 2.16. The van der Waals surface area contributed by atoms with E-state index >= 15 is 0 Å². The number of carboxylic acids is 1. The maximum Gasteiger partial charge on any atom is 0.335 e. The Kier molecular flexibility index (Phi) is 5.29. The molecule has 0 amide bonds. The second kappa shape index (κ2) is 8.07. The summed E-state index contributed by atoms with van der Waals surface area (Å²) in [6.07, 6.45) is 0. The van der Waals surface area contributed by atoms with Crippen molar-refractivity contribution in [1.29, 1.82) is 0 Å². The van der Waals surface area contributed by atoms with E-state index in [0.717, 1.165) is 33.9 Å². The number of aromatic carboxylic acids is 1. The summed E-state index contributed by atoms with van der Waals surface area (Å²) < 4.78 is 0. The molecule has 156 valence electrons. The summed E-state index contributed by atoms with van der Waals surface area (Å²) in [5.41, 5.74) is 6.86. The molecule has 0 unspecified atom stereocenters. The highest BCUT2D eigenvalue weighted by atomic mass is 16.4. The first kappa shape index (κ1) is 20.3. The van der Waals surface area contributed by atoms with Crippen molar-refractivity contribution in [3.8, 4) is 22.5 Å². The lowest BCUT2D eigenvalue weighted by Crippen LogP contribution is -2.09. The zero-order chi connectivity index (χ0) is 22.1. The number of hydrogen-bond donors (Lipinski definition) is 1. The van der Waals surface area contributed by atoms with Crippen LogP contribution in [0, 0.1) is 0 Å². The third-order valence-electron chi connectivity index (χ3n) is 5.18. The minimum absolute atomic E-state index is 0.192. The van der Waals surface area contributed by atoms with Crippen LogP contribution in [-0.4, -0.2) is 49.2 Å². The van der Waals surface area contributed by atoms with Crippen molar-refractivity contribution in [2.75, 3.05) is 38.0 Å². The van der Waals surface area contributed by atoms with E-state index in [1.54, 1.807) is 18.2 Å². The summed E-state index contributed by atoms with van der Waals surface area (Å²) in [7, 11) is 7.98. The van der Waals surface area contributed by atoms with Crippen LogP contribution in [0.2, 0.25) is 0 Å². The Morgan fingerprint density at radius 3 is 1.71 bits per heavy atom. The van der Waals surface area contributed by atoms with E-state index in [1.807, 2.05) is 74.4 Å². The van der Waals surface area contributed by atoms with Gasteiger partial charge in [0.1, 0.15) is 0 Å². The van der Waals surface area contributed by atoms with Gasteiger partial charge in [-0.1, -0.05) is 24.3 Å². The van der Waals surface area contributed by atoms with Gasteiger partial charge in [-0.25, -0.2) is 14.8 Å². The van der Waals surface area contributed by atoms with Crippen LogP contribution >= 0.6 is 0 Å². The molecule has 1 heterocycles. The minimum atomic E-state index is -0.984. The van der Waals surface area contributed by atoms with Gasteiger partial charge in [0.2, 0.25) is 0 Å². The summed E-state index contributed by atoms with van der Waals surface area (Å²) in [4.78, 5) is 25.3. The van der Waals surface area contributed by atoms with Gasteiger partial charge in [-0.3, -0.25) is 0 Å². The summed E-state index contributed by atoms with van der Waals surface area (Å²) in [5.74, 6) is -0.984. The number of aromatic nitrogens is 2. The zero-order valence-corrected chi connectivity index (χ0v) is 18.0. The molecule has 0 saturated heterocycles. The lowest BCUT2D eigenvalue weighted by molar-refractivity contribution is 0.0697. The number of rotatable bonds is 5. The van der Waals surface area contributed by atoms with Gasteiger partial charge < -0.3 is 14.9 Å². The standard InChI is InChI=1S/C25H24N4O2/c1-28(2)19-9-5-7-16(13-19)23-24(17-8-6-10-20(14-17)29(3)4)27-22-15-18(25(30)31)11-12-21(22)26-23/h5-15H,1-4H3,(H,30,31). The fourth-order valence-corrected chi connectivity index (χ4v) is 3.45. The number of fused-ring (bicyclic) bond motifs is 1. The van der Waals surface area contributed by atoms with Gasteiger partial charge in [-0.05, 0) is 42.5 Å². The number of anilines is 2. The Bertz CT molecular complexity index is 1280. The second-order valence-electron chi connectivity index (χ2n) is 7.82. The highest BCUT2D eigenvalue weighted by Crippen LogP contribution is 2.34. The van der Waals surface area contributed by atoms with Crippen LogP contribution in [0.5, 0.6) is 0 Å². The Hall–Kier alpha value is -3.93. The minimum Gasteiger partial charge on any atom is -0.478 e. The van der Waals surface area contributed by atoms with Crippen LogP contribution < -0.4 is 9.80 Å². The van der Waals surface area contributed by atoms with Crippen LogP contribution in [0.1, 0.15) is 10.4 Å². The Balaban J connectivity index is 2.00. The van der Waals surface area contributed by atoms with E-state index in [9.17, 15) is 9.90 Å². The van der Waals surface area contributed by atoms with Crippen LogP contribution in [0.25, 0.3) is 33.5 Å². The van der Waals surface area contributed by atoms with Gasteiger partial charge in [-0.2, -0.15) is 0 Å². The molecule has 1 aromatic heterocycles. The van der Waals surface area contributed by atoms with Gasteiger partial charge in [0.15, 0.2) is 0 Å². The molecule has 4 rings (SSSR count). The number of benzene rings is 3. The van der Waals surface area contributed by atoms with E-state index in [4.69, 9.17) is 9.97 Å². The maximum atomic E-state index is 11.5. The summed E-state index contributed by atoms with van der Waals surface area (Å²) in [6.45, 7) is 0. The molecule has 3 aromatic carbocycles. The maximum absolute atomic E-state index is 11.5. The number of carbonyl (C=O) groups is 1. The molecular weight excluding hydrogens is 388 g/mol. The lowest BCUT2D eigenvalue weighted by atomic mass is 10.0. The summed E-state index contributed by atoms with van der Waals surface area (Å²) in [5, 5.41) is 9.38. The monoisotopic (exact) mass is 412 g/mol. The first-order valence-corrected chi connectivity index (χ1v) is 9.94. The molecule has 0 aliphatic heterocycles. The van der Waals surface area contributed by atoms with Gasteiger partial charge in [0.25, 0.3) is 0 Å². The van der Waals surface area contributed by atoms with Crippen molar-refractivity contribution in [2.45, 2.75) is 0 Å². The van der Waals surface area contributed by atoms with Crippen LogP contribution in [0.15, 0.2) is 66.7 Å². The predicted molar refractivity (Wildman–Crippen MR) is 126 cm³/mol. The van der Waals surface area contributed by atoms with E-state index < -0.39 is 5.97 Å². The van der Waals surface area contributed by atoms with Gasteiger partial charge in [0.05, 0.1) is 28.0 Å². The molecule has 0 aliphatic rings. The van der Waals surface area contributed by atoms with Crippen molar-refractivity contribution in [3.05, 3.63) is 72.3 Å². The third-order valence-corrected chi connectivity index (χ3v) is 5.18. The zero-order valence-electron chi connectivity index (χ0n) is 18.0. The third kappa shape index (κ3) is 4.05. The Morgan fingerprint density at radius 2 is 1.23 bits per heavy atom. The van der Waals surface area contributed by atoms with Crippen LogP contribution in [-0.2, 0) is 0 Å². The molecule has 0 saturated carbocycles. The molecule has 4 aromatic rings. The molecule has 6 nitrogen and oxygen atoms in total. The smallest absolute Gasteiger partial charge is 0.335 e. The lowest BCUT2D eigenvalue weighted by Gasteiger charge is -2.17. The number of nitrogens with zero attached hydrogens (tertiary/aromatic N) is 4. The first-order chi connectivity index (χ1) is 14.8. The largest absolute Gasteiger partial charge is 0.478 e. The fourth-order valence-electron chi connectivity index (χ4n) is 3.45. The molecule has 0 radical (unpaired) electrons. The molecule has 6 heteroatoms. The molecule has 0 atom stereocenters. The van der Waals surface area contributed by atoms with Crippen molar-refractivity contribution in [1.82, 2.24) is 9.97 Å². The van der Waals surface area contributed by atoms with Gasteiger partial charge in [-0.15, -0.1) is 0 Å². The Labute approximate surface area is 181 Å². The Morgan fingerprint density at radius 1 is 0.710 bits per heavy atom. The van der Waals surface area contributed by atoms with E-state index in [-0.39, 0.29) is 5.56 Å². The molecule has 0 fully saturated rings. The molecular formula is C25H24N4O2. The first-order valence-electron chi connectivity index (χ1n) is 9.94. The molecule has 0 spiro atoms. The predicted octanol–water partition coefficient (Wildman–Crippen LogP) is 4.79. The van der Waals surface area contributed by atoms with E-state index in [2.05, 4.69) is 12.1 Å². The average molecular weight is 412 g/mol. The highest BCUT2D eigenvalue weighted by molar-refractivity contribution is 5.94. The number of carboxylic acid groups (broad SMARTS) is 1. The topological polar surface area (TPSA) is 69.6 Å². The normalized spacial score (nSPS) is 10.8.